The summed E-state index contributed by atoms with van der Waals surface area (Å²) in [6.45, 7) is 1.42. The van der Waals surface area contributed by atoms with E-state index in [2.05, 4.69) is 0 Å². The van der Waals surface area contributed by atoms with Gasteiger partial charge in [-0.15, -0.1) is 0 Å². The zero-order chi connectivity index (χ0) is 15.2. The zero-order valence-electron chi connectivity index (χ0n) is 11.9. The van der Waals surface area contributed by atoms with Gasteiger partial charge in [0.05, 0.1) is 11.6 Å². The van der Waals surface area contributed by atoms with Crippen molar-refractivity contribution >= 4 is 11.8 Å². The molecule has 21 heavy (non-hydrogen) atoms. The monoisotopic (exact) mass is 285 g/mol. The van der Waals surface area contributed by atoms with Gasteiger partial charge < -0.3 is 10.6 Å². The maximum Gasteiger partial charge on any atom is 0.253 e. The number of primary amides is 1. The van der Waals surface area contributed by atoms with Gasteiger partial charge in [-0.1, -0.05) is 0 Å². The Morgan fingerprint density at radius 1 is 1.24 bits per heavy atom. The number of carbonyl (C=O) groups excluding carboxylic acids is 2. The van der Waals surface area contributed by atoms with Crippen LogP contribution in [-0.2, 0) is 4.79 Å². The van der Waals surface area contributed by atoms with Gasteiger partial charge in [0.2, 0.25) is 5.91 Å². The molecule has 0 aromatic heterocycles. The number of hydrogen-bond donors (Lipinski definition) is 1. The van der Waals surface area contributed by atoms with Crippen molar-refractivity contribution < 1.29 is 9.59 Å². The number of nitrogens with zero attached hydrogens (tertiary/aromatic N) is 2. The summed E-state index contributed by atoms with van der Waals surface area (Å²) in [5.74, 6) is 0.224. The molecule has 1 fully saturated rings. The Bertz CT molecular complexity index is 552. The molecule has 0 radical (unpaired) electrons. The van der Waals surface area contributed by atoms with Crippen molar-refractivity contribution in [3.8, 4) is 6.07 Å². The van der Waals surface area contributed by atoms with Gasteiger partial charge in [0.1, 0.15) is 0 Å². The highest BCUT2D eigenvalue weighted by atomic mass is 16.2. The lowest BCUT2D eigenvalue weighted by Crippen LogP contribution is -2.38. The van der Waals surface area contributed by atoms with Crippen LogP contribution in [0.4, 0.5) is 0 Å². The van der Waals surface area contributed by atoms with Crippen molar-refractivity contribution in [2.75, 3.05) is 13.1 Å². The Morgan fingerprint density at radius 3 is 2.38 bits per heavy atom. The molecule has 2 N–H and O–H groups in total. The van der Waals surface area contributed by atoms with E-state index in [0.29, 0.717) is 36.6 Å². The van der Waals surface area contributed by atoms with E-state index >= 15 is 0 Å². The van der Waals surface area contributed by atoms with Gasteiger partial charge in [-0.05, 0) is 49.4 Å². The van der Waals surface area contributed by atoms with Crippen molar-refractivity contribution in [1.82, 2.24) is 4.90 Å². The summed E-state index contributed by atoms with van der Waals surface area (Å²) in [5.41, 5.74) is 6.33. The topological polar surface area (TPSA) is 87.2 Å². The highest BCUT2D eigenvalue weighted by Gasteiger charge is 2.23. The number of piperidine rings is 1. The number of nitrogens with two attached hydrogens (primary N) is 1. The molecular formula is C16H19N3O2. The molecule has 0 spiro atoms. The Kier molecular flexibility index (Phi) is 4.94. The number of hydrogen-bond acceptors (Lipinski definition) is 3. The third-order valence-electron chi connectivity index (χ3n) is 3.96. The summed E-state index contributed by atoms with van der Waals surface area (Å²) in [5, 5.41) is 8.76. The first-order chi connectivity index (χ1) is 10.1. The molecule has 0 saturated carbocycles. The van der Waals surface area contributed by atoms with Gasteiger partial charge in [0.15, 0.2) is 0 Å². The molecule has 5 nitrogen and oxygen atoms in total. The maximum atomic E-state index is 12.3. The van der Waals surface area contributed by atoms with Gasteiger partial charge in [-0.3, -0.25) is 9.59 Å². The van der Waals surface area contributed by atoms with Crippen LogP contribution >= 0.6 is 0 Å². The van der Waals surface area contributed by atoms with E-state index in [1.807, 2.05) is 11.0 Å². The molecule has 1 aromatic carbocycles. The Hall–Kier alpha value is -2.35. The quantitative estimate of drug-likeness (QED) is 0.912. The molecule has 2 amide bonds. The summed E-state index contributed by atoms with van der Waals surface area (Å²) >= 11 is 0. The number of benzene rings is 1. The average molecular weight is 285 g/mol. The minimum absolute atomic E-state index is 0.00726. The third-order valence-corrected chi connectivity index (χ3v) is 3.96. The van der Waals surface area contributed by atoms with Crippen molar-refractivity contribution in [2.24, 2.45) is 11.7 Å². The van der Waals surface area contributed by atoms with Gasteiger partial charge >= 0.3 is 0 Å². The highest BCUT2D eigenvalue weighted by molar-refractivity contribution is 5.94. The second-order valence-electron chi connectivity index (χ2n) is 5.43. The number of amides is 2. The van der Waals surface area contributed by atoms with Crippen molar-refractivity contribution in [3.05, 3.63) is 35.4 Å². The van der Waals surface area contributed by atoms with Crippen LogP contribution in [0.25, 0.3) is 0 Å². The van der Waals surface area contributed by atoms with Crippen LogP contribution in [0.5, 0.6) is 0 Å². The van der Waals surface area contributed by atoms with Crippen LogP contribution in [0.15, 0.2) is 24.3 Å². The minimum atomic E-state index is -0.258. The first kappa shape index (κ1) is 15.0. The van der Waals surface area contributed by atoms with E-state index in [0.717, 1.165) is 19.3 Å². The molecule has 1 heterocycles. The lowest BCUT2D eigenvalue weighted by Gasteiger charge is -2.32. The Morgan fingerprint density at radius 2 is 1.86 bits per heavy atom. The molecule has 110 valence electrons. The zero-order valence-corrected chi connectivity index (χ0v) is 11.9. The second-order valence-corrected chi connectivity index (χ2v) is 5.43. The van der Waals surface area contributed by atoms with Crippen molar-refractivity contribution in [2.45, 2.75) is 25.7 Å². The Labute approximate surface area is 124 Å². The fourth-order valence-corrected chi connectivity index (χ4v) is 2.64. The van der Waals surface area contributed by atoms with Crippen LogP contribution < -0.4 is 5.73 Å². The molecule has 0 atom stereocenters. The number of likely N-dealkylation sites (tertiary alicyclic amines) is 1. The van der Waals surface area contributed by atoms with Crippen molar-refractivity contribution in [3.63, 3.8) is 0 Å². The molecule has 1 aliphatic rings. The number of nitriles is 1. The minimum Gasteiger partial charge on any atom is -0.370 e. The van der Waals surface area contributed by atoms with Gasteiger partial charge in [0, 0.05) is 25.1 Å². The average Bonchev–Trinajstić information content (AvgIpc) is 2.53. The predicted octanol–water partition coefficient (Wildman–Crippen LogP) is 1.68. The molecule has 1 aliphatic heterocycles. The molecule has 1 saturated heterocycles. The molecule has 0 aliphatic carbocycles. The van der Waals surface area contributed by atoms with Crippen LogP contribution in [0, 0.1) is 17.2 Å². The van der Waals surface area contributed by atoms with Crippen LogP contribution in [0.2, 0.25) is 0 Å². The molecule has 0 bridgehead atoms. The van der Waals surface area contributed by atoms with Crippen LogP contribution in [-0.4, -0.2) is 29.8 Å². The summed E-state index contributed by atoms with van der Waals surface area (Å²) in [4.78, 5) is 25.0. The number of carbonyl (C=O) groups is 2. The molecular weight excluding hydrogens is 266 g/mol. The fourth-order valence-electron chi connectivity index (χ4n) is 2.64. The van der Waals surface area contributed by atoms with E-state index < -0.39 is 0 Å². The van der Waals surface area contributed by atoms with E-state index in [1.165, 1.54) is 0 Å². The van der Waals surface area contributed by atoms with Gasteiger partial charge in [0.25, 0.3) is 5.91 Å². The lowest BCUT2D eigenvalue weighted by molar-refractivity contribution is -0.118. The maximum absolute atomic E-state index is 12.3. The number of rotatable bonds is 4. The van der Waals surface area contributed by atoms with Gasteiger partial charge in [-0.2, -0.15) is 5.26 Å². The first-order valence-corrected chi connectivity index (χ1v) is 7.18. The van der Waals surface area contributed by atoms with Crippen molar-refractivity contribution in [1.29, 1.82) is 5.26 Å². The van der Waals surface area contributed by atoms with E-state index in [1.54, 1.807) is 24.3 Å². The van der Waals surface area contributed by atoms with Crippen LogP contribution in [0.1, 0.15) is 41.6 Å². The molecule has 5 heteroatoms. The smallest absolute Gasteiger partial charge is 0.253 e. The molecule has 1 aromatic rings. The van der Waals surface area contributed by atoms with Gasteiger partial charge in [-0.25, -0.2) is 0 Å². The Balaban J connectivity index is 1.88. The largest absolute Gasteiger partial charge is 0.370 e. The van der Waals surface area contributed by atoms with Crippen LogP contribution in [0.3, 0.4) is 0 Å². The summed E-state index contributed by atoms with van der Waals surface area (Å²) < 4.78 is 0. The standard InChI is InChI=1S/C16H19N3O2/c17-11-13-1-4-14(5-2-13)16(21)19-9-7-12(8-10-19)3-6-15(18)20/h1-2,4-5,12H,3,6-10H2,(H2,18,20). The summed E-state index contributed by atoms with van der Waals surface area (Å²) in [7, 11) is 0. The predicted molar refractivity (Wildman–Crippen MR) is 78.2 cm³/mol. The lowest BCUT2D eigenvalue weighted by atomic mass is 9.92. The molecule has 2 rings (SSSR count). The highest BCUT2D eigenvalue weighted by Crippen LogP contribution is 2.23. The second kappa shape index (κ2) is 6.89. The normalized spacial score (nSPS) is 15.5. The summed E-state index contributed by atoms with van der Waals surface area (Å²) in [6, 6.07) is 8.75. The SMILES string of the molecule is N#Cc1ccc(C(=O)N2CCC(CCC(N)=O)CC2)cc1. The van der Waals surface area contributed by atoms with E-state index in [4.69, 9.17) is 11.0 Å². The fraction of sp³-hybridized carbons (Fsp3) is 0.438. The third kappa shape index (κ3) is 4.06. The first-order valence-electron chi connectivity index (χ1n) is 7.18. The van der Waals surface area contributed by atoms with E-state index in [-0.39, 0.29) is 11.8 Å². The summed E-state index contributed by atoms with van der Waals surface area (Å²) in [6.07, 6.45) is 3.06. The molecule has 0 unspecified atom stereocenters. The van der Waals surface area contributed by atoms with E-state index in [9.17, 15) is 9.59 Å².